The van der Waals surface area contributed by atoms with Crippen LogP contribution in [0.1, 0.15) is 24.5 Å². The van der Waals surface area contributed by atoms with Crippen molar-refractivity contribution in [2.75, 3.05) is 13.2 Å². The summed E-state index contributed by atoms with van der Waals surface area (Å²) < 4.78 is 20.6. The number of nitrogens with zero attached hydrogens (tertiary/aromatic N) is 1. The molecule has 1 aliphatic heterocycles. The van der Waals surface area contributed by atoms with Gasteiger partial charge in [-0.15, -0.1) is 0 Å². The molecule has 0 unspecified atom stereocenters. The maximum atomic E-state index is 13.5. The molecule has 134 valence electrons. The summed E-state index contributed by atoms with van der Waals surface area (Å²) >= 11 is 0. The minimum atomic E-state index is -0.298. The van der Waals surface area contributed by atoms with Gasteiger partial charge in [0.05, 0.1) is 5.39 Å². The highest BCUT2D eigenvalue weighted by Gasteiger charge is 2.25. The van der Waals surface area contributed by atoms with Gasteiger partial charge in [-0.3, -0.25) is 4.79 Å². The first-order chi connectivity index (χ1) is 12.6. The van der Waals surface area contributed by atoms with E-state index in [9.17, 15) is 14.3 Å². The number of phenols is 1. The smallest absolute Gasteiger partial charge is 0.258 e. The zero-order valence-corrected chi connectivity index (χ0v) is 14.5. The van der Waals surface area contributed by atoms with Gasteiger partial charge in [0.1, 0.15) is 11.6 Å². The Bertz CT molecular complexity index is 1020. The van der Waals surface area contributed by atoms with Crippen LogP contribution >= 0.6 is 0 Å². The molecule has 1 aliphatic rings. The number of phenolic OH excluding ortho intramolecular Hbond substituents is 1. The monoisotopic (exact) mass is 353 g/mol. The molecule has 1 fully saturated rings. The Morgan fingerprint density at radius 2 is 1.77 bits per heavy atom. The van der Waals surface area contributed by atoms with E-state index in [0.717, 1.165) is 35.0 Å². The average Bonchev–Trinajstić information content (AvgIpc) is 2.66. The molecule has 4 rings (SSSR count). The van der Waals surface area contributed by atoms with Crippen molar-refractivity contribution in [1.29, 1.82) is 0 Å². The number of hydrogen-bond donors (Lipinski definition) is 1. The summed E-state index contributed by atoms with van der Waals surface area (Å²) in [6.45, 7) is 1.32. The van der Waals surface area contributed by atoms with Crippen molar-refractivity contribution in [3.05, 3.63) is 64.3 Å². The van der Waals surface area contributed by atoms with Gasteiger partial charge in [0, 0.05) is 37.4 Å². The second-order valence-corrected chi connectivity index (χ2v) is 6.75. The van der Waals surface area contributed by atoms with E-state index in [2.05, 4.69) is 0 Å². The Labute approximate surface area is 150 Å². The largest absolute Gasteiger partial charge is 0.508 e. The Kier molecular flexibility index (Phi) is 4.24. The number of pyridine rings is 1. The van der Waals surface area contributed by atoms with Crippen LogP contribution in [0.4, 0.5) is 4.39 Å². The number of ether oxygens (including phenoxy) is 1. The highest BCUT2D eigenvalue weighted by atomic mass is 19.1. The lowest BCUT2D eigenvalue weighted by molar-refractivity contribution is 0.0839. The highest BCUT2D eigenvalue weighted by molar-refractivity contribution is 5.98. The molecular formula is C21H20FNO3. The summed E-state index contributed by atoms with van der Waals surface area (Å²) in [6.07, 6.45) is 1.68. The standard InChI is InChI=1S/C21H20FNO3/c1-23-20(14-8-10-26-11-9-14)19(13-2-4-15(22)5-3-13)17-7-6-16(24)12-18(17)21(23)25/h2-7,12,14,24H,8-11H2,1H3. The first-order valence-electron chi connectivity index (χ1n) is 8.75. The Balaban J connectivity index is 2.08. The van der Waals surface area contributed by atoms with Crippen LogP contribution in [-0.4, -0.2) is 22.9 Å². The number of halogens is 1. The number of aromatic nitrogens is 1. The number of rotatable bonds is 2. The molecule has 4 nitrogen and oxygen atoms in total. The molecule has 0 bridgehead atoms. The fraction of sp³-hybridized carbons (Fsp3) is 0.286. The minimum absolute atomic E-state index is 0.0541. The first kappa shape index (κ1) is 16.8. The van der Waals surface area contributed by atoms with Crippen molar-refractivity contribution in [3.8, 4) is 16.9 Å². The lowest BCUT2D eigenvalue weighted by Gasteiger charge is -2.28. The third-order valence-electron chi connectivity index (χ3n) is 5.17. The van der Waals surface area contributed by atoms with Gasteiger partial charge in [-0.2, -0.15) is 0 Å². The van der Waals surface area contributed by atoms with E-state index in [1.807, 2.05) is 0 Å². The van der Waals surface area contributed by atoms with Crippen LogP contribution in [0.15, 0.2) is 47.3 Å². The molecule has 5 heteroatoms. The van der Waals surface area contributed by atoms with Crippen molar-refractivity contribution < 1.29 is 14.2 Å². The molecule has 26 heavy (non-hydrogen) atoms. The van der Waals surface area contributed by atoms with Crippen molar-refractivity contribution in [1.82, 2.24) is 4.57 Å². The summed E-state index contributed by atoms with van der Waals surface area (Å²) in [7, 11) is 1.77. The second-order valence-electron chi connectivity index (χ2n) is 6.75. The summed E-state index contributed by atoms with van der Waals surface area (Å²) in [6, 6.07) is 11.2. The molecule has 0 aliphatic carbocycles. The first-order valence-corrected chi connectivity index (χ1v) is 8.75. The van der Waals surface area contributed by atoms with E-state index in [0.29, 0.717) is 18.6 Å². The molecule has 2 heterocycles. The molecular weight excluding hydrogens is 333 g/mol. The van der Waals surface area contributed by atoms with Crippen LogP contribution in [0.25, 0.3) is 21.9 Å². The number of hydrogen-bond acceptors (Lipinski definition) is 3. The SMILES string of the molecule is Cn1c(C2CCOCC2)c(-c2ccc(F)cc2)c2ccc(O)cc2c1=O. The van der Waals surface area contributed by atoms with Gasteiger partial charge in [-0.25, -0.2) is 4.39 Å². The van der Waals surface area contributed by atoms with E-state index in [4.69, 9.17) is 4.74 Å². The van der Waals surface area contributed by atoms with Crippen molar-refractivity contribution in [3.63, 3.8) is 0 Å². The van der Waals surface area contributed by atoms with Gasteiger partial charge in [0.2, 0.25) is 0 Å². The molecule has 2 aromatic carbocycles. The Morgan fingerprint density at radius 3 is 2.46 bits per heavy atom. The fourth-order valence-corrected chi connectivity index (χ4v) is 3.89. The summed E-state index contributed by atoms with van der Waals surface area (Å²) in [4.78, 5) is 12.9. The molecule has 0 spiro atoms. The van der Waals surface area contributed by atoms with Crippen molar-refractivity contribution in [2.24, 2.45) is 7.05 Å². The van der Waals surface area contributed by atoms with E-state index in [-0.39, 0.29) is 23.0 Å². The number of aromatic hydroxyl groups is 1. The molecule has 0 radical (unpaired) electrons. The predicted molar refractivity (Wildman–Crippen MR) is 99.0 cm³/mol. The van der Waals surface area contributed by atoms with Crippen LogP contribution in [0.3, 0.4) is 0 Å². The summed E-state index contributed by atoms with van der Waals surface area (Å²) in [5, 5.41) is 11.1. The third kappa shape index (κ3) is 2.78. The molecule has 0 atom stereocenters. The van der Waals surface area contributed by atoms with Gasteiger partial charge < -0.3 is 14.4 Å². The molecule has 1 aromatic heterocycles. The lowest BCUT2D eigenvalue weighted by atomic mass is 9.87. The summed E-state index contributed by atoms with van der Waals surface area (Å²) in [5.74, 6) is -0.0497. The van der Waals surface area contributed by atoms with E-state index < -0.39 is 0 Å². The van der Waals surface area contributed by atoms with E-state index in [1.54, 1.807) is 35.9 Å². The Morgan fingerprint density at radius 1 is 1.08 bits per heavy atom. The average molecular weight is 353 g/mol. The van der Waals surface area contributed by atoms with Crippen molar-refractivity contribution in [2.45, 2.75) is 18.8 Å². The lowest BCUT2D eigenvalue weighted by Crippen LogP contribution is -2.26. The highest BCUT2D eigenvalue weighted by Crippen LogP contribution is 2.38. The van der Waals surface area contributed by atoms with Gasteiger partial charge in [-0.05, 0) is 54.1 Å². The maximum absolute atomic E-state index is 13.5. The van der Waals surface area contributed by atoms with Crippen LogP contribution in [-0.2, 0) is 11.8 Å². The number of fused-ring (bicyclic) bond motifs is 1. The molecule has 3 aromatic rings. The van der Waals surface area contributed by atoms with Crippen LogP contribution in [0, 0.1) is 5.82 Å². The van der Waals surface area contributed by atoms with Gasteiger partial charge >= 0.3 is 0 Å². The van der Waals surface area contributed by atoms with Crippen LogP contribution in [0.2, 0.25) is 0 Å². The zero-order chi connectivity index (χ0) is 18.3. The molecule has 0 amide bonds. The molecule has 1 N–H and O–H groups in total. The minimum Gasteiger partial charge on any atom is -0.508 e. The number of benzene rings is 2. The Hall–Kier alpha value is -2.66. The predicted octanol–water partition coefficient (Wildman–Crippen LogP) is 3.94. The van der Waals surface area contributed by atoms with Crippen LogP contribution < -0.4 is 5.56 Å². The maximum Gasteiger partial charge on any atom is 0.258 e. The molecule has 0 saturated carbocycles. The quantitative estimate of drug-likeness (QED) is 0.759. The van der Waals surface area contributed by atoms with Crippen molar-refractivity contribution >= 4 is 10.8 Å². The normalized spacial score (nSPS) is 15.5. The van der Waals surface area contributed by atoms with Gasteiger partial charge in [-0.1, -0.05) is 12.1 Å². The van der Waals surface area contributed by atoms with Gasteiger partial charge in [0.15, 0.2) is 0 Å². The zero-order valence-electron chi connectivity index (χ0n) is 14.5. The molecule has 1 saturated heterocycles. The van der Waals surface area contributed by atoms with E-state index >= 15 is 0 Å². The van der Waals surface area contributed by atoms with E-state index in [1.165, 1.54) is 18.2 Å². The third-order valence-corrected chi connectivity index (χ3v) is 5.17. The topological polar surface area (TPSA) is 51.5 Å². The van der Waals surface area contributed by atoms with Gasteiger partial charge in [0.25, 0.3) is 5.56 Å². The summed E-state index contributed by atoms with van der Waals surface area (Å²) in [5.41, 5.74) is 2.60. The van der Waals surface area contributed by atoms with Crippen LogP contribution in [0.5, 0.6) is 5.75 Å². The fourth-order valence-electron chi connectivity index (χ4n) is 3.89. The second kappa shape index (κ2) is 6.57.